The molecule has 0 bridgehead atoms. The molecule has 0 radical (unpaired) electrons. The molecule has 224 valence electrons. The first-order valence-corrected chi connectivity index (χ1v) is 16.0. The van der Waals surface area contributed by atoms with Gasteiger partial charge in [0.15, 0.2) is 0 Å². The van der Waals surface area contributed by atoms with Gasteiger partial charge in [-0.1, -0.05) is 74.2 Å². The third kappa shape index (κ3) is 7.70. The monoisotopic (exact) mass is 591 g/mol. The average molecular weight is 592 g/mol. The maximum absolute atomic E-state index is 14.2. The number of hydrogen-bond acceptors (Lipinski definition) is 5. The molecule has 1 atom stereocenters. The Morgan fingerprint density at radius 2 is 1.64 bits per heavy atom. The van der Waals surface area contributed by atoms with E-state index in [-0.39, 0.29) is 23.4 Å². The summed E-state index contributed by atoms with van der Waals surface area (Å²) >= 11 is 0. The van der Waals surface area contributed by atoms with E-state index in [1.54, 1.807) is 42.5 Å². The van der Waals surface area contributed by atoms with E-state index in [2.05, 4.69) is 5.32 Å². The second-order valence-corrected chi connectivity index (χ2v) is 12.7. The van der Waals surface area contributed by atoms with E-state index in [1.165, 1.54) is 30.6 Å². The lowest BCUT2D eigenvalue weighted by Gasteiger charge is -2.34. The summed E-state index contributed by atoms with van der Waals surface area (Å²) in [6.07, 6.45) is 5.55. The lowest BCUT2D eigenvalue weighted by Crippen LogP contribution is -2.54. The molecule has 0 aliphatic heterocycles. The molecule has 1 N–H and O–H groups in total. The van der Waals surface area contributed by atoms with Crippen LogP contribution in [0, 0.1) is 6.92 Å². The molecule has 9 heteroatoms. The maximum Gasteiger partial charge on any atom is 0.264 e. The number of aryl methyl sites for hydroxylation is 1. The summed E-state index contributed by atoms with van der Waals surface area (Å²) in [6, 6.07) is 21.7. The van der Waals surface area contributed by atoms with E-state index in [9.17, 15) is 18.0 Å². The number of benzene rings is 3. The Morgan fingerprint density at radius 3 is 2.26 bits per heavy atom. The Bertz CT molecular complexity index is 1440. The number of sulfonamides is 1. The number of amides is 2. The maximum atomic E-state index is 14.2. The Morgan fingerprint density at radius 1 is 0.952 bits per heavy atom. The first-order chi connectivity index (χ1) is 20.2. The van der Waals surface area contributed by atoms with Gasteiger partial charge in [-0.15, -0.1) is 0 Å². The molecule has 42 heavy (non-hydrogen) atoms. The minimum absolute atomic E-state index is 0.0703. The highest BCUT2D eigenvalue weighted by molar-refractivity contribution is 7.92. The predicted molar refractivity (Wildman–Crippen MR) is 165 cm³/mol. The average Bonchev–Trinajstić information content (AvgIpc) is 3.00. The van der Waals surface area contributed by atoms with Crippen LogP contribution in [0.2, 0.25) is 0 Å². The fourth-order valence-electron chi connectivity index (χ4n) is 5.47. The van der Waals surface area contributed by atoms with Crippen molar-refractivity contribution in [2.45, 2.75) is 75.9 Å². The van der Waals surface area contributed by atoms with Crippen LogP contribution in [0.4, 0.5) is 5.69 Å². The van der Waals surface area contributed by atoms with Crippen LogP contribution >= 0.6 is 0 Å². The van der Waals surface area contributed by atoms with Crippen molar-refractivity contribution >= 4 is 27.5 Å². The van der Waals surface area contributed by atoms with Crippen LogP contribution in [0.5, 0.6) is 5.75 Å². The Kier molecular flexibility index (Phi) is 10.6. The van der Waals surface area contributed by atoms with Crippen molar-refractivity contribution in [3.05, 3.63) is 90.0 Å². The largest absolute Gasteiger partial charge is 0.497 e. The highest BCUT2D eigenvalue weighted by Gasteiger charge is 2.34. The topological polar surface area (TPSA) is 96.0 Å². The van der Waals surface area contributed by atoms with Gasteiger partial charge in [0, 0.05) is 12.6 Å². The van der Waals surface area contributed by atoms with E-state index < -0.39 is 28.5 Å². The Labute approximate surface area is 249 Å². The van der Waals surface area contributed by atoms with Gasteiger partial charge in [0.25, 0.3) is 10.0 Å². The first kappa shape index (κ1) is 31.1. The molecular weight excluding hydrogens is 550 g/mol. The van der Waals surface area contributed by atoms with Gasteiger partial charge in [-0.2, -0.15) is 0 Å². The van der Waals surface area contributed by atoms with E-state index in [1.807, 2.05) is 38.1 Å². The van der Waals surface area contributed by atoms with E-state index in [0.29, 0.717) is 17.9 Å². The van der Waals surface area contributed by atoms with Gasteiger partial charge in [-0.05, 0) is 68.1 Å². The van der Waals surface area contributed by atoms with Crippen LogP contribution < -0.4 is 14.4 Å². The lowest BCUT2D eigenvalue weighted by atomic mass is 9.95. The van der Waals surface area contributed by atoms with Crippen molar-refractivity contribution < 1.29 is 22.7 Å². The quantitative estimate of drug-likeness (QED) is 0.302. The lowest BCUT2D eigenvalue weighted by molar-refractivity contribution is -0.140. The van der Waals surface area contributed by atoms with E-state index in [0.717, 1.165) is 41.1 Å². The molecule has 1 fully saturated rings. The first-order valence-electron chi connectivity index (χ1n) is 14.6. The number of rotatable bonds is 12. The van der Waals surface area contributed by atoms with Crippen LogP contribution in [0.1, 0.15) is 56.6 Å². The highest BCUT2D eigenvalue weighted by atomic mass is 32.2. The zero-order valence-corrected chi connectivity index (χ0v) is 25.5. The van der Waals surface area contributed by atoms with Crippen LogP contribution in [0.15, 0.2) is 83.8 Å². The molecule has 1 unspecified atom stereocenters. The van der Waals surface area contributed by atoms with Crippen LogP contribution in [-0.4, -0.2) is 50.9 Å². The summed E-state index contributed by atoms with van der Waals surface area (Å²) in [7, 11) is -2.58. The molecule has 1 aliphatic carbocycles. The predicted octanol–water partition coefficient (Wildman–Crippen LogP) is 5.46. The zero-order chi connectivity index (χ0) is 30.1. The standard InChI is InChI=1S/C33H41N3O5S/c1-4-31(33(38)34-27-14-7-5-8-15-27)35(23-26-13-11-12-25(2)22-26)32(37)24-36(28-18-20-29(41-3)21-19-28)42(39,40)30-16-9-6-10-17-30/h6,9-13,16-22,27,31H,4-5,7-8,14-15,23-24H2,1-3H3,(H,34,38). The van der Waals surface area contributed by atoms with Gasteiger partial charge in [-0.25, -0.2) is 8.42 Å². The van der Waals surface area contributed by atoms with Gasteiger partial charge >= 0.3 is 0 Å². The number of hydrogen-bond donors (Lipinski definition) is 1. The molecule has 0 aromatic heterocycles. The number of anilines is 1. The summed E-state index contributed by atoms with van der Waals surface area (Å²) in [5.41, 5.74) is 2.23. The van der Waals surface area contributed by atoms with Crippen molar-refractivity contribution in [3.63, 3.8) is 0 Å². The molecule has 4 rings (SSSR count). The number of ether oxygens (including phenoxy) is 1. The second kappa shape index (κ2) is 14.4. The van der Waals surface area contributed by atoms with Gasteiger partial charge in [0.05, 0.1) is 17.7 Å². The van der Waals surface area contributed by atoms with Crippen molar-refractivity contribution in [1.82, 2.24) is 10.2 Å². The summed E-state index contributed by atoms with van der Waals surface area (Å²) in [4.78, 5) is 29.5. The summed E-state index contributed by atoms with van der Waals surface area (Å²) in [5.74, 6) is -0.0987. The smallest absolute Gasteiger partial charge is 0.264 e. The molecule has 3 aromatic rings. The molecule has 2 amide bonds. The molecule has 0 saturated heterocycles. The third-order valence-corrected chi connectivity index (χ3v) is 9.53. The number of carbonyl (C=O) groups is 2. The van der Waals surface area contributed by atoms with Gasteiger partial charge in [0.2, 0.25) is 11.8 Å². The molecule has 0 heterocycles. The fourth-order valence-corrected chi connectivity index (χ4v) is 6.90. The SMILES string of the molecule is CCC(C(=O)NC1CCCCC1)N(Cc1cccc(C)c1)C(=O)CN(c1ccc(OC)cc1)S(=O)(=O)c1ccccc1. The summed E-state index contributed by atoms with van der Waals surface area (Å²) in [6.45, 7) is 3.56. The number of methoxy groups -OCH3 is 1. The number of nitrogens with zero attached hydrogens (tertiary/aromatic N) is 2. The molecule has 3 aromatic carbocycles. The number of carbonyl (C=O) groups excluding carboxylic acids is 2. The second-order valence-electron chi connectivity index (χ2n) is 10.8. The van der Waals surface area contributed by atoms with Crippen LogP contribution in [-0.2, 0) is 26.2 Å². The molecule has 1 saturated carbocycles. The van der Waals surface area contributed by atoms with Gasteiger partial charge in [-0.3, -0.25) is 13.9 Å². The molecule has 0 spiro atoms. The van der Waals surface area contributed by atoms with Crippen molar-refractivity contribution in [3.8, 4) is 5.75 Å². The molecule has 8 nitrogen and oxygen atoms in total. The Hall–Kier alpha value is -3.85. The molecule has 1 aliphatic rings. The van der Waals surface area contributed by atoms with Crippen LogP contribution in [0.3, 0.4) is 0 Å². The summed E-state index contributed by atoms with van der Waals surface area (Å²) in [5, 5.41) is 3.18. The summed E-state index contributed by atoms with van der Waals surface area (Å²) < 4.78 is 34.2. The van der Waals surface area contributed by atoms with Crippen molar-refractivity contribution in [2.75, 3.05) is 18.0 Å². The minimum atomic E-state index is -4.11. The highest BCUT2D eigenvalue weighted by Crippen LogP contribution is 2.27. The van der Waals surface area contributed by atoms with E-state index >= 15 is 0 Å². The third-order valence-electron chi connectivity index (χ3n) is 7.74. The van der Waals surface area contributed by atoms with Gasteiger partial charge in [0.1, 0.15) is 18.3 Å². The number of nitrogens with one attached hydrogen (secondary N) is 1. The van der Waals surface area contributed by atoms with Crippen LogP contribution in [0.25, 0.3) is 0 Å². The zero-order valence-electron chi connectivity index (χ0n) is 24.7. The van der Waals surface area contributed by atoms with Crippen molar-refractivity contribution in [1.29, 1.82) is 0 Å². The van der Waals surface area contributed by atoms with Gasteiger partial charge < -0.3 is 15.0 Å². The normalized spacial score (nSPS) is 14.5. The van der Waals surface area contributed by atoms with E-state index in [4.69, 9.17) is 4.74 Å². The van der Waals surface area contributed by atoms with Crippen molar-refractivity contribution in [2.24, 2.45) is 0 Å². The Balaban J connectivity index is 1.70. The molecular formula is C33H41N3O5S. The fraction of sp³-hybridized carbons (Fsp3) is 0.394. The minimum Gasteiger partial charge on any atom is -0.497 e.